The van der Waals surface area contributed by atoms with Crippen LogP contribution in [0.3, 0.4) is 0 Å². The first-order valence-corrected chi connectivity index (χ1v) is 14.5. The van der Waals surface area contributed by atoms with Crippen molar-refractivity contribution < 1.29 is 29.1 Å². The van der Waals surface area contributed by atoms with Gasteiger partial charge < -0.3 is 31.7 Å². The molecular formula is C30H47N5O6. The smallest absolute Gasteiger partial charge is 0.245 e. The molecule has 5 atom stereocenters. The Kier molecular flexibility index (Phi) is 13.2. The number of rotatable bonds is 9. The molecule has 11 nitrogen and oxygen atoms in total. The summed E-state index contributed by atoms with van der Waals surface area (Å²) in [7, 11) is 0. The number of aliphatic hydroxyl groups excluding tert-OH is 1. The van der Waals surface area contributed by atoms with Crippen molar-refractivity contribution in [2.24, 2.45) is 17.8 Å². The van der Waals surface area contributed by atoms with Crippen LogP contribution in [0.1, 0.15) is 66.4 Å². The monoisotopic (exact) mass is 573 g/mol. The summed E-state index contributed by atoms with van der Waals surface area (Å²) in [6.07, 6.45) is 0.989. The Morgan fingerprint density at radius 1 is 0.537 bits per heavy atom. The first kappa shape index (κ1) is 33.7. The van der Waals surface area contributed by atoms with Crippen LogP contribution in [0.5, 0.6) is 0 Å². The fraction of sp³-hybridized carbons (Fsp3) is 0.633. The molecule has 0 spiro atoms. The molecule has 11 heteroatoms. The van der Waals surface area contributed by atoms with Crippen molar-refractivity contribution in [3.8, 4) is 0 Å². The highest BCUT2D eigenvalue weighted by atomic mass is 16.3. The van der Waals surface area contributed by atoms with E-state index in [1.54, 1.807) is 0 Å². The normalized spacial score (nSPS) is 25.1. The van der Waals surface area contributed by atoms with E-state index < -0.39 is 66.4 Å². The molecule has 1 heterocycles. The largest absolute Gasteiger partial charge is 0.394 e. The van der Waals surface area contributed by atoms with E-state index in [1.165, 1.54) is 0 Å². The van der Waals surface area contributed by atoms with E-state index in [1.807, 2.05) is 71.9 Å². The van der Waals surface area contributed by atoms with Gasteiger partial charge in [0.1, 0.15) is 30.2 Å². The minimum atomic E-state index is -1.34. The summed E-state index contributed by atoms with van der Waals surface area (Å²) in [6, 6.07) is 3.78. The molecule has 1 saturated heterocycles. The van der Waals surface area contributed by atoms with E-state index in [0.29, 0.717) is 6.42 Å². The summed E-state index contributed by atoms with van der Waals surface area (Å²) in [5.41, 5.74) is 0.798. The van der Waals surface area contributed by atoms with Gasteiger partial charge in [0.2, 0.25) is 29.5 Å². The summed E-state index contributed by atoms with van der Waals surface area (Å²) in [5.74, 6) is -3.01. The molecule has 41 heavy (non-hydrogen) atoms. The first-order valence-electron chi connectivity index (χ1n) is 14.5. The van der Waals surface area contributed by atoms with E-state index in [-0.39, 0.29) is 37.0 Å². The van der Waals surface area contributed by atoms with Gasteiger partial charge in [0.15, 0.2) is 0 Å². The molecule has 5 amide bonds. The van der Waals surface area contributed by atoms with Crippen molar-refractivity contribution in [1.29, 1.82) is 0 Å². The number of carbonyl (C=O) groups is 5. The lowest BCUT2D eigenvalue weighted by atomic mass is 9.99. The molecule has 1 aromatic carbocycles. The zero-order valence-electron chi connectivity index (χ0n) is 25.0. The van der Waals surface area contributed by atoms with Gasteiger partial charge in [-0.1, -0.05) is 71.9 Å². The third-order valence-corrected chi connectivity index (χ3v) is 6.75. The summed E-state index contributed by atoms with van der Waals surface area (Å²) in [5, 5.41) is 23.4. The maximum Gasteiger partial charge on any atom is 0.245 e. The zero-order chi connectivity index (χ0) is 30.7. The molecule has 0 saturated carbocycles. The van der Waals surface area contributed by atoms with Crippen LogP contribution in [-0.4, -0.2) is 71.5 Å². The summed E-state index contributed by atoms with van der Waals surface area (Å²) in [4.78, 5) is 67.0. The van der Waals surface area contributed by atoms with Crippen LogP contribution in [0, 0.1) is 17.8 Å². The fourth-order valence-corrected chi connectivity index (χ4v) is 4.72. The van der Waals surface area contributed by atoms with Gasteiger partial charge in [-0.2, -0.15) is 0 Å². The van der Waals surface area contributed by atoms with Crippen LogP contribution in [0.15, 0.2) is 30.3 Å². The van der Waals surface area contributed by atoms with Crippen LogP contribution < -0.4 is 26.6 Å². The minimum absolute atomic E-state index is 0.00404. The number of hydrogen-bond acceptors (Lipinski definition) is 6. The minimum Gasteiger partial charge on any atom is -0.394 e. The Balaban J connectivity index is 2.55. The first-order chi connectivity index (χ1) is 19.3. The number of benzene rings is 1. The van der Waals surface area contributed by atoms with Gasteiger partial charge in [0.05, 0.1) is 6.61 Å². The SMILES string of the molecule is CC(C)C[C@@H]1NC(=O)[C@H](Cc2ccccc2)NC(=O)[C@H](CC(C)C)NC(=O)[C@@H](CO)NC(=O)[C@H](CC(C)C)NC1=O. The molecule has 1 aromatic rings. The van der Waals surface area contributed by atoms with Gasteiger partial charge in [-0.15, -0.1) is 0 Å². The predicted octanol–water partition coefficient (Wildman–Crippen LogP) is 0.797. The lowest BCUT2D eigenvalue weighted by Crippen LogP contribution is -2.59. The van der Waals surface area contributed by atoms with Crippen molar-refractivity contribution in [2.45, 2.75) is 97.4 Å². The molecule has 0 unspecified atom stereocenters. The van der Waals surface area contributed by atoms with E-state index in [0.717, 1.165) is 5.56 Å². The third kappa shape index (κ3) is 11.1. The van der Waals surface area contributed by atoms with Crippen LogP contribution >= 0.6 is 0 Å². The Labute approximate surface area is 243 Å². The Hall–Kier alpha value is -3.47. The lowest BCUT2D eigenvalue weighted by molar-refractivity contribution is -0.135. The molecular weight excluding hydrogens is 526 g/mol. The Morgan fingerprint density at radius 2 is 0.854 bits per heavy atom. The predicted molar refractivity (Wildman–Crippen MR) is 155 cm³/mol. The number of carbonyl (C=O) groups excluding carboxylic acids is 5. The van der Waals surface area contributed by atoms with Crippen molar-refractivity contribution in [1.82, 2.24) is 26.6 Å². The lowest BCUT2D eigenvalue weighted by Gasteiger charge is -2.27. The van der Waals surface area contributed by atoms with E-state index in [2.05, 4.69) is 26.6 Å². The quantitative estimate of drug-likeness (QED) is 0.256. The molecule has 1 fully saturated rings. The molecule has 6 N–H and O–H groups in total. The van der Waals surface area contributed by atoms with Gasteiger partial charge in [-0.05, 0) is 42.6 Å². The van der Waals surface area contributed by atoms with Gasteiger partial charge in [0.25, 0.3) is 0 Å². The molecule has 1 aliphatic heterocycles. The van der Waals surface area contributed by atoms with E-state index in [4.69, 9.17) is 0 Å². The van der Waals surface area contributed by atoms with Crippen molar-refractivity contribution >= 4 is 29.5 Å². The van der Waals surface area contributed by atoms with Crippen molar-refractivity contribution in [3.63, 3.8) is 0 Å². The highest BCUT2D eigenvalue weighted by Gasteiger charge is 2.35. The number of aliphatic hydroxyl groups is 1. The maximum absolute atomic E-state index is 13.6. The number of nitrogens with one attached hydrogen (secondary N) is 5. The number of hydrogen-bond donors (Lipinski definition) is 6. The summed E-state index contributed by atoms with van der Waals surface area (Å²) >= 11 is 0. The second kappa shape index (κ2) is 16.1. The fourth-order valence-electron chi connectivity index (χ4n) is 4.72. The standard InChI is InChI=1S/C30H47N5O6/c1-17(2)12-21-26(37)31-23(14-19(5)6)28(39)35-25(16-36)30(41)33-22(13-18(3)4)27(38)34-24(29(40)32-21)15-20-10-8-7-9-11-20/h7-11,17-19,21-25,36H,12-16H2,1-6H3,(H,31,37)(H,32,40)(H,33,41)(H,34,38)(H,35,39)/t21-,22-,23-,24-,25+/m0/s1. The van der Waals surface area contributed by atoms with Gasteiger partial charge in [-0.3, -0.25) is 24.0 Å². The molecule has 0 aromatic heterocycles. The van der Waals surface area contributed by atoms with Gasteiger partial charge in [-0.25, -0.2) is 0 Å². The number of amides is 5. The van der Waals surface area contributed by atoms with Crippen molar-refractivity contribution in [3.05, 3.63) is 35.9 Å². The van der Waals surface area contributed by atoms with Gasteiger partial charge >= 0.3 is 0 Å². The molecule has 0 radical (unpaired) electrons. The van der Waals surface area contributed by atoms with E-state index in [9.17, 15) is 29.1 Å². The zero-order valence-corrected chi connectivity index (χ0v) is 25.0. The summed E-state index contributed by atoms with van der Waals surface area (Å²) < 4.78 is 0. The highest BCUT2D eigenvalue weighted by Crippen LogP contribution is 2.12. The van der Waals surface area contributed by atoms with Gasteiger partial charge in [0, 0.05) is 6.42 Å². The molecule has 0 bridgehead atoms. The van der Waals surface area contributed by atoms with Crippen LogP contribution in [-0.2, 0) is 30.4 Å². The van der Waals surface area contributed by atoms with Crippen LogP contribution in [0.25, 0.3) is 0 Å². The second-order valence-corrected chi connectivity index (χ2v) is 12.1. The topological polar surface area (TPSA) is 166 Å². The molecule has 228 valence electrons. The van der Waals surface area contributed by atoms with Crippen LogP contribution in [0.2, 0.25) is 0 Å². The molecule has 2 rings (SSSR count). The highest BCUT2D eigenvalue weighted by molar-refractivity contribution is 5.98. The Morgan fingerprint density at radius 3 is 1.22 bits per heavy atom. The van der Waals surface area contributed by atoms with E-state index >= 15 is 0 Å². The Bertz CT molecular complexity index is 1050. The summed E-state index contributed by atoms with van der Waals surface area (Å²) in [6.45, 7) is 10.7. The molecule has 1 aliphatic rings. The van der Waals surface area contributed by atoms with Crippen LogP contribution in [0.4, 0.5) is 0 Å². The average molecular weight is 574 g/mol. The molecule has 0 aliphatic carbocycles. The third-order valence-electron chi connectivity index (χ3n) is 6.75. The van der Waals surface area contributed by atoms with Crippen molar-refractivity contribution in [2.75, 3.05) is 6.61 Å². The average Bonchev–Trinajstić information content (AvgIpc) is 2.89. The maximum atomic E-state index is 13.6. The second-order valence-electron chi connectivity index (χ2n) is 12.1.